The average Bonchev–Trinajstić information content (AvgIpc) is 4.19. The van der Waals surface area contributed by atoms with Crippen LogP contribution in [0.1, 0.15) is 11.1 Å². The molecule has 336 valence electrons. The third kappa shape index (κ3) is 9.20. The minimum Gasteiger partial charge on any atom is -0.491 e. The summed E-state index contributed by atoms with van der Waals surface area (Å²) in [5.74, 6) is -1.74. The molecule has 3 saturated heterocycles. The van der Waals surface area contributed by atoms with Crippen LogP contribution in [-0.4, -0.2) is 102 Å². The number of anilines is 2. The summed E-state index contributed by atoms with van der Waals surface area (Å²) in [7, 11) is 0. The molecule has 3 aliphatic heterocycles. The van der Waals surface area contributed by atoms with Crippen molar-refractivity contribution in [2.75, 3.05) is 55.8 Å². The van der Waals surface area contributed by atoms with Gasteiger partial charge in [-0.05, 0) is 72.8 Å². The Labute approximate surface area is 392 Å². The second-order valence-electron chi connectivity index (χ2n) is 15.8. The SMILES string of the molecule is O=c1n(-c2ccc(N3CCN(c4ccc(OC[C@H]5CO[C@](Cn6cncn6)(c6ccc(Cl)cc6Cl)O5)cc4)CC3)cc2)cnn1C[C@@H]1CO[C@@](Cn2cncn2)(c2ccc(Cl)cc2Cl)O1. The van der Waals surface area contributed by atoms with E-state index in [4.69, 9.17) is 70.1 Å². The van der Waals surface area contributed by atoms with Crippen molar-refractivity contribution in [2.24, 2.45) is 0 Å². The number of piperazine rings is 1. The molecule has 4 atom stereocenters. The summed E-state index contributed by atoms with van der Waals surface area (Å²) in [4.78, 5) is 26.4. The van der Waals surface area contributed by atoms with Crippen LogP contribution in [0, 0.1) is 0 Å². The van der Waals surface area contributed by atoms with Gasteiger partial charge >= 0.3 is 5.69 Å². The van der Waals surface area contributed by atoms with Crippen molar-refractivity contribution >= 4 is 57.8 Å². The Bertz CT molecular complexity index is 2790. The molecule has 7 aromatic rings. The van der Waals surface area contributed by atoms with Gasteiger partial charge in [0.2, 0.25) is 11.6 Å². The Kier molecular flexibility index (Phi) is 12.3. The molecule has 10 rings (SSSR count). The fourth-order valence-electron chi connectivity index (χ4n) is 8.39. The smallest absolute Gasteiger partial charge is 0.350 e. The minimum atomic E-state index is -1.28. The predicted octanol–water partition coefficient (Wildman–Crippen LogP) is 6.47. The van der Waals surface area contributed by atoms with Crippen LogP contribution in [0.3, 0.4) is 0 Å². The molecule has 0 aliphatic carbocycles. The number of nitrogens with zero attached hydrogens (tertiary/aromatic N) is 11. The van der Waals surface area contributed by atoms with Gasteiger partial charge in [0, 0.05) is 58.7 Å². The molecule has 0 bridgehead atoms. The van der Waals surface area contributed by atoms with Crippen molar-refractivity contribution in [1.29, 1.82) is 0 Å². The van der Waals surface area contributed by atoms with Gasteiger partial charge in [-0.25, -0.2) is 33.4 Å². The third-order valence-corrected chi connectivity index (χ3v) is 12.7. The fraction of sp³-hybridized carbons (Fsp3) is 0.318. The lowest BCUT2D eigenvalue weighted by atomic mass is 10.1. The highest BCUT2D eigenvalue weighted by Crippen LogP contribution is 2.42. The van der Waals surface area contributed by atoms with E-state index in [1.54, 1.807) is 58.4 Å². The van der Waals surface area contributed by atoms with Crippen LogP contribution in [0.25, 0.3) is 5.69 Å². The first-order chi connectivity index (χ1) is 31.6. The van der Waals surface area contributed by atoms with Gasteiger partial charge in [0.25, 0.3) is 0 Å². The van der Waals surface area contributed by atoms with Gasteiger partial charge in [0.1, 0.15) is 69.3 Å². The third-order valence-electron chi connectivity index (χ3n) is 11.6. The van der Waals surface area contributed by atoms with E-state index in [9.17, 15) is 4.79 Å². The highest BCUT2D eigenvalue weighted by Gasteiger charge is 2.47. The van der Waals surface area contributed by atoms with E-state index >= 15 is 0 Å². The van der Waals surface area contributed by atoms with E-state index in [-0.39, 0.29) is 44.6 Å². The Balaban J connectivity index is 0.720. The molecule has 0 saturated carbocycles. The van der Waals surface area contributed by atoms with Gasteiger partial charge in [0.15, 0.2) is 0 Å². The second-order valence-corrected chi connectivity index (χ2v) is 17.5. The molecule has 3 aromatic heterocycles. The normalized spacial score (nSPS) is 22.2. The Morgan fingerprint density at radius 1 is 0.615 bits per heavy atom. The minimum absolute atomic E-state index is 0.161. The molecular weight excluding hydrogens is 920 g/mol. The Morgan fingerprint density at radius 3 is 1.65 bits per heavy atom. The summed E-state index contributed by atoms with van der Waals surface area (Å²) >= 11 is 25.6. The van der Waals surface area contributed by atoms with Gasteiger partial charge < -0.3 is 33.5 Å². The highest BCUT2D eigenvalue weighted by atomic mass is 35.5. The molecule has 0 radical (unpaired) electrons. The summed E-state index contributed by atoms with van der Waals surface area (Å²) in [5, 5.41) is 14.7. The van der Waals surface area contributed by atoms with E-state index in [0.717, 1.165) is 43.3 Å². The summed E-state index contributed by atoms with van der Waals surface area (Å²) in [5.41, 5.74) is 3.82. The number of rotatable bonds is 14. The molecule has 0 amide bonds. The van der Waals surface area contributed by atoms with Crippen LogP contribution in [0.2, 0.25) is 20.1 Å². The van der Waals surface area contributed by atoms with Crippen LogP contribution >= 0.6 is 46.4 Å². The topological polar surface area (TPSA) is 154 Å². The maximum Gasteiger partial charge on any atom is 0.350 e. The quantitative estimate of drug-likeness (QED) is 0.117. The zero-order chi connectivity index (χ0) is 44.5. The zero-order valence-electron chi connectivity index (χ0n) is 34.6. The van der Waals surface area contributed by atoms with E-state index in [2.05, 4.69) is 47.2 Å². The molecule has 0 unspecified atom stereocenters. The van der Waals surface area contributed by atoms with Gasteiger partial charge in [-0.1, -0.05) is 58.5 Å². The maximum atomic E-state index is 13.6. The van der Waals surface area contributed by atoms with E-state index < -0.39 is 17.7 Å². The van der Waals surface area contributed by atoms with Crippen LogP contribution in [0.15, 0.2) is 121 Å². The van der Waals surface area contributed by atoms with Crippen LogP contribution in [-0.2, 0) is 50.2 Å². The molecule has 21 heteroatoms. The summed E-state index contributed by atoms with van der Waals surface area (Å²) in [6.07, 6.45) is 6.71. The first kappa shape index (κ1) is 43.4. The fourth-order valence-corrected chi connectivity index (χ4v) is 9.50. The molecule has 6 heterocycles. The zero-order valence-corrected chi connectivity index (χ0v) is 37.6. The standard InChI is InChI=1S/C44H41Cl4N11O6/c45-30-1-11-38(40(47)17-30)43(23-56-27-49-25-51-56)62-21-36(64-43)19-59-42(60)58(29-53-59)34-5-3-32(4-6-34)54-13-15-55(16-14-54)33-7-9-35(10-8-33)61-20-37-22-63-44(65-37,24-57-28-50-26-52-57)39-12-2-31(46)18-41(39)48/h1-12,17-18,25-29,36-37H,13-16,19-24H2/t36-,37+,43-,44+/m1/s1. The molecular formula is C44H41Cl4N11O6. The molecule has 17 nitrogen and oxygen atoms in total. The average molecular weight is 962 g/mol. The number of aromatic nitrogens is 9. The van der Waals surface area contributed by atoms with Crippen LogP contribution in [0.4, 0.5) is 11.4 Å². The first-order valence-electron chi connectivity index (χ1n) is 20.8. The summed E-state index contributed by atoms with van der Waals surface area (Å²) in [6.45, 7) is 4.68. The highest BCUT2D eigenvalue weighted by molar-refractivity contribution is 6.35. The van der Waals surface area contributed by atoms with Gasteiger partial charge in [-0.2, -0.15) is 15.3 Å². The van der Waals surface area contributed by atoms with Crippen molar-refractivity contribution in [3.8, 4) is 11.4 Å². The number of benzene rings is 4. The molecule has 3 aliphatic rings. The summed E-state index contributed by atoms with van der Waals surface area (Å²) < 4.78 is 37.9. The van der Waals surface area contributed by atoms with Crippen LogP contribution in [0.5, 0.6) is 5.75 Å². The monoisotopic (exact) mass is 959 g/mol. The van der Waals surface area contributed by atoms with E-state index in [0.29, 0.717) is 43.5 Å². The van der Waals surface area contributed by atoms with Crippen molar-refractivity contribution < 1.29 is 23.7 Å². The van der Waals surface area contributed by atoms with Crippen molar-refractivity contribution in [2.45, 2.75) is 43.4 Å². The predicted molar refractivity (Wildman–Crippen MR) is 242 cm³/mol. The largest absolute Gasteiger partial charge is 0.491 e. The number of hydrogen-bond donors (Lipinski definition) is 0. The van der Waals surface area contributed by atoms with Gasteiger partial charge in [-0.3, -0.25) is 0 Å². The Hall–Kier alpha value is -5.50. The number of ether oxygens (including phenoxy) is 5. The van der Waals surface area contributed by atoms with E-state index in [1.165, 1.54) is 28.2 Å². The second kappa shape index (κ2) is 18.4. The van der Waals surface area contributed by atoms with E-state index in [1.807, 2.05) is 36.4 Å². The molecule has 4 aromatic carbocycles. The number of halogens is 4. The number of hydrogen-bond acceptors (Lipinski definition) is 13. The maximum absolute atomic E-state index is 13.6. The van der Waals surface area contributed by atoms with Crippen molar-refractivity contribution in [3.05, 3.63) is 158 Å². The molecule has 65 heavy (non-hydrogen) atoms. The summed E-state index contributed by atoms with van der Waals surface area (Å²) in [6, 6.07) is 26.4. The van der Waals surface area contributed by atoms with Crippen molar-refractivity contribution in [3.63, 3.8) is 0 Å². The van der Waals surface area contributed by atoms with Crippen molar-refractivity contribution in [1.82, 2.24) is 43.9 Å². The lowest BCUT2D eigenvalue weighted by molar-refractivity contribution is -0.190. The lowest BCUT2D eigenvalue weighted by Crippen LogP contribution is -2.46. The molecule has 0 N–H and O–H groups in total. The van der Waals surface area contributed by atoms with Gasteiger partial charge in [-0.15, -0.1) is 0 Å². The molecule has 0 spiro atoms. The first-order valence-corrected chi connectivity index (χ1v) is 22.3. The van der Waals surface area contributed by atoms with Gasteiger partial charge in [0.05, 0.1) is 35.5 Å². The van der Waals surface area contributed by atoms with Crippen LogP contribution < -0.4 is 20.2 Å². The Morgan fingerprint density at radius 2 is 1.12 bits per heavy atom. The lowest BCUT2D eigenvalue weighted by Gasteiger charge is -2.37. The molecule has 3 fully saturated rings.